The molecule has 0 amide bonds. The molecule has 4 heteroatoms. The van der Waals surface area contributed by atoms with Gasteiger partial charge in [-0.25, -0.2) is 4.89 Å². The number of ether oxygens (including phenoxy) is 1. The van der Waals surface area contributed by atoms with Crippen LogP contribution >= 0.6 is 0 Å². The van der Waals surface area contributed by atoms with E-state index in [0.717, 1.165) is 59.3 Å². The van der Waals surface area contributed by atoms with E-state index in [1.54, 1.807) is 0 Å². The first-order valence-corrected chi connectivity index (χ1v) is 18.6. The van der Waals surface area contributed by atoms with E-state index < -0.39 is 0 Å². The third kappa shape index (κ3) is 6.86. The second kappa shape index (κ2) is 14.7. The predicted octanol–water partition coefficient (Wildman–Crippen LogP) is 10.6. The van der Waals surface area contributed by atoms with Gasteiger partial charge in [-0.15, -0.1) is 0 Å². The van der Waals surface area contributed by atoms with E-state index in [1.807, 2.05) is 37.3 Å². The molecule has 4 saturated carbocycles. The Balaban J connectivity index is 1.24. The minimum atomic E-state index is -0.306. The summed E-state index contributed by atoms with van der Waals surface area (Å²) in [6.07, 6.45) is 22.0. The third-order valence-electron chi connectivity index (χ3n) is 14.0. The lowest BCUT2D eigenvalue weighted by Gasteiger charge is -2.61. The van der Waals surface area contributed by atoms with Gasteiger partial charge in [-0.3, -0.25) is 5.26 Å². The van der Waals surface area contributed by atoms with Crippen LogP contribution in [0.1, 0.15) is 124 Å². The van der Waals surface area contributed by atoms with Crippen LogP contribution in [0.25, 0.3) is 6.08 Å². The zero-order valence-corrected chi connectivity index (χ0v) is 29.5. The smallest absolute Gasteiger partial charge is 0.124 e. The van der Waals surface area contributed by atoms with Crippen LogP contribution in [0, 0.1) is 64.1 Å². The van der Waals surface area contributed by atoms with E-state index in [-0.39, 0.29) is 12.7 Å². The molecule has 5 rings (SSSR count). The van der Waals surface area contributed by atoms with Crippen molar-refractivity contribution in [2.45, 2.75) is 125 Å². The van der Waals surface area contributed by atoms with E-state index in [0.29, 0.717) is 41.1 Å². The molecule has 4 nitrogen and oxygen atoms in total. The van der Waals surface area contributed by atoms with Gasteiger partial charge in [0.25, 0.3) is 0 Å². The molecule has 0 spiro atoms. The highest BCUT2D eigenvalue weighted by atomic mass is 17.1. The van der Waals surface area contributed by atoms with Crippen molar-refractivity contribution in [2.75, 3.05) is 6.61 Å². The van der Waals surface area contributed by atoms with Crippen LogP contribution < -0.4 is 4.74 Å². The number of benzene rings is 1. The zero-order valence-electron chi connectivity index (χ0n) is 29.5. The average molecular weight is 621 g/mol. The van der Waals surface area contributed by atoms with Gasteiger partial charge in [-0.05, 0) is 153 Å². The normalized spacial score (nSPS) is 36.9. The Bertz CT molecular complexity index is 1170. The fourth-order valence-electron chi connectivity index (χ4n) is 11.4. The summed E-state index contributed by atoms with van der Waals surface area (Å²) in [5.74, 6) is 7.30. The largest absolute Gasteiger partial charge is 0.494 e. The summed E-state index contributed by atoms with van der Waals surface area (Å²) in [5.41, 5.74) is 2.67. The lowest BCUT2D eigenvalue weighted by molar-refractivity contribution is -0.282. The van der Waals surface area contributed by atoms with E-state index in [4.69, 9.17) is 9.62 Å². The van der Waals surface area contributed by atoms with Gasteiger partial charge in [0, 0.05) is 5.56 Å². The maximum atomic E-state index is 10.0. The molecule has 0 saturated heterocycles. The van der Waals surface area contributed by atoms with Gasteiger partial charge in [0.05, 0.1) is 13.2 Å². The Hall–Kier alpha value is -1.62. The van der Waals surface area contributed by atoms with Crippen molar-refractivity contribution in [3.05, 3.63) is 47.6 Å². The molecule has 0 radical (unpaired) electrons. The summed E-state index contributed by atoms with van der Waals surface area (Å²) in [4.78, 5) is 5.14. The molecular formula is C41H64O4. The average Bonchev–Trinajstić information content (AvgIpc) is 3.39. The number of hydrogen-bond donors (Lipinski definition) is 2. The van der Waals surface area contributed by atoms with Crippen LogP contribution in [0.5, 0.6) is 5.75 Å². The number of fused-ring (bicyclic) bond motifs is 5. The number of rotatable bonds is 12. The fraction of sp³-hybridized carbons (Fsp3) is 0.756. The molecule has 252 valence electrons. The van der Waals surface area contributed by atoms with E-state index in [9.17, 15) is 10.4 Å². The van der Waals surface area contributed by atoms with Crippen LogP contribution in [0.15, 0.2) is 36.4 Å². The summed E-state index contributed by atoms with van der Waals surface area (Å²) in [7, 11) is 0. The Morgan fingerprint density at radius 2 is 1.67 bits per heavy atom. The van der Waals surface area contributed by atoms with Gasteiger partial charge in [-0.1, -0.05) is 71.9 Å². The first-order chi connectivity index (χ1) is 21.6. The summed E-state index contributed by atoms with van der Waals surface area (Å²) in [6.45, 7) is 17.4. The van der Waals surface area contributed by atoms with Crippen LogP contribution in [0.4, 0.5) is 0 Å². The number of hydrogen-bond acceptors (Lipinski definition) is 4. The molecule has 11 atom stereocenters. The first-order valence-electron chi connectivity index (χ1n) is 18.6. The van der Waals surface area contributed by atoms with Gasteiger partial charge >= 0.3 is 0 Å². The molecule has 4 aliphatic carbocycles. The van der Waals surface area contributed by atoms with Crippen molar-refractivity contribution in [1.29, 1.82) is 0 Å². The molecule has 1 aromatic rings. The maximum Gasteiger partial charge on any atom is 0.124 e. The minimum absolute atomic E-state index is 0.0591. The lowest BCUT2D eigenvalue weighted by Crippen LogP contribution is -2.54. The quantitative estimate of drug-likeness (QED) is 0.139. The predicted molar refractivity (Wildman–Crippen MR) is 186 cm³/mol. The van der Waals surface area contributed by atoms with Crippen LogP contribution in [-0.4, -0.2) is 23.1 Å². The molecule has 0 heterocycles. The molecule has 4 aliphatic rings. The summed E-state index contributed by atoms with van der Waals surface area (Å²) < 4.78 is 5.64. The Labute approximate surface area is 275 Å². The minimum Gasteiger partial charge on any atom is -0.494 e. The van der Waals surface area contributed by atoms with E-state index in [1.165, 1.54) is 51.4 Å². The third-order valence-corrected chi connectivity index (χ3v) is 14.0. The van der Waals surface area contributed by atoms with Crippen LogP contribution in [0.2, 0.25) is 0 Å². The highest BCUT2D eigenvalue weighted by Crippen LogP contribution is 2.68. The van der Waals surface area contributed by atoms with Crippen molar-refractivity contribution < 1.29 is 20.0 Å². The van der Waals surface area contributed by atoms with E-state index >= 15 is 0 Å². The highest BCUT2D eigenvalue weighted by molar-refractivity contribution is 5.54. The number of allylic oxidation sites excluding steroid dienone is 2. The van der Waals surface area contributed by atoms with Crippen molar-refractivity contribution in [2.24, 2.45) is 64.1 Å². The van der Waals surface area contributed by atoms with Crippen molar-refractivity contribution in [1.82, 2.24) is 0 Å². The molecule has 4 fully saturated rings. The van der Waals surface area contributed by atoms with Crippen LogP contribution in [-0.2, 0) is 11.5 Å². The molecule has 0 aliphatic heterocycles. The Morgan fingerprint density at radius 1 is 0.911 bits per heavy atom. The van der Waals surface area contributed by atoms with E-state index in [2.05, 4.69) is 53.7 Å². The molecule has 0 aromatic heterocycles. The summed E-state index contributed by atoms with van der Waals surface area (Å²) >= 11 is 0. The number of aliphatic hydroxyl groups is 1. The highest BCUT2D eigenvalue weighted by Gasteiger charge is 2.60. The van der Waals surface area contributed by atoms with Gasteiger partial charge in [0.15, 0.2) is 0 Å². The second-order valence-electron chi connectivity index (χ2n) is 16.4. The van der Waals surface area contributed by atoms with Gasteiger partial charge in [0.1, 0.15) is 11.9 Å². The SMILES string of the molecule is CCOc1ccc(/C=C/C(OO)C2CCC3(C)C(CCC4C3CCC3(C)C(C(C)/C=C/C(CC)C(C)C)CCC43)C2)cc1CO. The molecule has 45 heavy (non-hydrogen) atoms. The van der Waals surface area contributed by atoms with Crippen molar-refractivity contribution in [3.63, 3.8) is 0 Å². The molecule has 1 aromatic carbocycles. The fourth-order valence-corrected chi connectivity index (χ4v) is 11.4. The van der Waals surface area contributed by atoms with Crippen molar-refractivity contribution in [3.8, 4) is 5.75 Å². The monoisotopic (exact) mass is 620 g/mol. The van der Waals surface area contributed by atoms with Crippen LogP contribution in [0.3, 0.4) is 0 Å². The zero-order chi connectivity index (χ0) is 32.4. The van der Waals surface area contributed by atoms with Gasteiger partial charge < -0.3 is 9.84 Å². The topological polar surface area (TPSA) is 58.9 Å². The summed E-state index contributed by atoms with van der Waals surface area (Å²) in [6, 6.07) is 5.88. The van der Waals surface area contributed by atoms with Crippen molar-refractivity contribution >= 4 is 6.08 Å². The molecule has 0 bridgehead atoms. The standard InChI is InChI=1S/C41H64O4/c1-8-30(27(3)4)13-10-28(5)35-16-17-36-34-15-14-33-25-31(20-22-40(33,6)37(34)21-23-41(35,36)7)39(45-43)19-12-29-11-18-38(44-9-2)32(24-29)26-42/h10-13,18-19,24,27-28,30-31,33-37,39,42-43H,8-9,14-17,20-23,25-26H2,1-7H3/b13-10+,19-12+. The number of aliphatic hydroxyl groups excluding tert-OH is 1. The van der Waals surface area contributed by atoms with Gasteiger partial charge in [0.2, 0.25) is 0 Å². The Morgan fingerprint density at radius 3 is 2.36 bits per heavy atom. The lowest BCUT2D eigenvalue weighted by atomic mass is 9.44. The molecule has 11 unspecified atom stereocenters. The molecular weight excluding hydrogens is 556 g/mol. The molecule has 2 N–H and O–H groups in total. The maximum absolute atomic E-state index is 10.0. The first kappa shape index (κ1) is 34.7. The second-order valence-corrected chi connectivity index (χ2v) is 16.4. The summed E-state index contributed by atoms with van der Waals surface area (Å²) in [5, 5.41) is 19.8. The Kier molecular flexibility index (Phi) is 11.3. The van der Waals surface area contributed by atoms with Gasteiger partial charge in [-0.2, -0.15) is 0 Å².